The first-order valence-electron chi connectivity index (χ1n) is 8.38. The summed E-state index contributed by atoms with van der Waals surface area (Å²) in [4.78, 5) is 6.46. The lowest BCUT2D eigenvalue weighted by Gasteiger charge is -2.30. The number of hydrogen-bond donors (Lipinski definition) is 1. The minimum atomic E-state index is 0.589. The van der Waals surface area contributed by atoms with E-state index in [1.54, 1.807) is 12.4 Å². The van der Waals surface area contributed by atoms with E-state index in [1.165, 1.54) is 11.3 Å². The average Bonchev–Trinajstić information content (AvgIpc) is 3.26. The number of rotatable bonds is 4. The first kappa shape index (κ1) is 15.1. The highest BCUT2D eigenvalue weighted by Gasteiger charge is 2.23. The summed E-state index contributed by atoms with van der Waals surface area (Å²) in [5, 5.41) is 11.5. The quantitative estimate of drug-likeness (QED) is 0.798. The minimum absolute atomic E-state index is 0.589. The van der Waals surface area contributed by atoms with Crippen LogP contribution in [0.2, 0.25) is 0 Å². The van der Waals surface area contributed by atoms with Gasteiger partial charge in [0, 0.05) is 35.6 Å². The van der Waals surface area contributed by atoms with Crippen molar-refractivity contribution in [3.05, 3.63) is 53.8 Å². The summed E-state index contributed by atoms with van der Waals surface area (Å²) in [6.45, 7) is 5.07. The molecule has 0 atom stereocenters. The molecule has 0 aromatic carbocycles. The van der Waals surface area contributed by atoms with Crippen molar-refractivity contribution in [2.75, 3.05) is 13.1 Å². The van der Waals surface area contributed by atoms with Gasteiger partial charge in [-0.2, -0.15) is 5.10 Å². The van der Waals surface area contributed by atoms with Crippen LogP contribution in [-0.4, -0.2) is 38.3 Å². The molecule has 4 heterocycles. The van der Waals surface area contributed by atoms with E-state index >= 15 is 0 Å². The van der Waals surface area contributed by atoms with Gasteiger partial charge < -0.3 is 4.52 Å². The van der Waals surface area contributed by atoms with Crippen molar-refractivity contribution >= 4 is 0 Å². The maximum Gasteiger partial charge on any atom is 0.151 e. The van der Waals surface area contributed by atoms with Crippen LogP contribution in [0.25, 0.3) is 11.3 Å². The predicted octanol–water partition coefficient (Wildman–Crippen LogP) is 3.15. The van der Waals surface area contributed by atoms with E-state index in [1.807, 2.05) is 24.4 Å². The Morgan fingerprint density at radius 1 is 1.25 bits per heavy atom. The van der Waals surface area contributed by atoms with Gasteiger partial charge in [0.05, 0.1) is 12.7 Å². The maximum atomic E-state index is 5.51. The zero-order chi connectivity index (χ0) is 16.4. The summed E-state index contributed by atoms with van der Waals surface area (Å²) in [6.07, 6.45) is 7.75. The molecule has 1 aliphatic rings. The summed E-state index contributed by atoms with van der Waals surface area (Å²) in [5.74, 6) is 1.50. The van der Waals surface area contributed by atoms with Gasteiger partial charge in [-0.05, 0) is 50.6 Å². The van der Waals surface area contributed by atoms with Gasteiger partial charge in [-0.25, -0.2) is 0 Å². The van der Waals surface area contributed by atoms with Crippen LogP contribution in [-0.2, 0) is 6.54 Å². The van der Waals surface area contributed by atoms with Crippen LogP contribution in [0.3, 0.4) is 0 Å². The summed E-state index contributed by atoms with van der Waals surface area (Å²) in [5.41, 5.74) is 4.48. The van der Waals surface area contributed by atoms with Crippen molar-refractivity contribution in [1.82, 2.24) is 25.2 Å². The van der Waals surface area contributed by atoms with Crippen LogP contribution in [0.5, 0.6) is 0 Å². The van der Waals surface area contributed by atoms with Gasteiger partial charge in [0.25, 0.3) is 0 Å². The molecule has 6 heteroatoms. The monoisotopic (exact) mass is 323 g/mol. The number of nitrogens with one attached hydrogen (secondary N) is 1. The third-order valence-corrected chi connectivity index (χ3v) is 4.78. The number of hydrogen-bond acceptors (Lipinski definition) is 5. The van der Waals surface area contributed by atoms with E-state index < -0.39 is 0 Å². The summed E-state index contributed by atoms with van der Waals surface area (Å²) >= 11 is 0. The average molecular weight is 323 g/mol. The molecule has 1 aliphatic heterocycles. The Kier molecular flexibility index (Phi) is 4.13. The molecule has 0 amide bonds. The Bertz CT molecular complexity index is 787. The van der Waals surface area contributed by atoms with Crippen molar-refractivity contribution in [2.24, 2.45) is 0 Å². The number of aryl methyl sites for hydroxylation is 1. The fraction of sp³-hybridized carbons (Fsp3) is 0.389. The van der Waals surface area contributed by atoms with Crippen molar-refractivity contribution in [2.45, 2.75) is 32.2 Å². The van der Waals surface area contributed by atoms with Crippen molar-refractivity contribution in [3.63, 3.8) is 0 Å². The lowest BCUT2D eigenvalue weighted by atomic mass is 9.92. The van der Waals surface area contributed by atoms with Gasteiger partial charge in [-0.3, -0.25) is 15.0 Å². The Balaban J connectivity index is 1.36. The normalized spacial score (nSPS) is 16.5. The fourth-order valence-electron chi connectivity index (χ4n) is 3.42. The van der Waals surface area contributed by atoms with Crippen LogP contribution in [0.4, 0.5) is 0 Å². The molecule has 0 unspecified atom stereocenters. The largest absolute Gasteiger partial charge is 0.359 e. The second-order valence-corrected chi connectivity index (χ2v) is 6.43. The number of aromatic amines is 1. The highest BCUT2D eigenvalue weighted by atomic mass is 16.5. The van der Waals surface area contributed by atoms with Crippen LogP contribution in [0, 0.1) is 6.92 Å². The van der Waals surface area contributed by atoms with Gasteiger partial charge in [0.15, 0.2) is 5.76 Å². The molecule has 1 fully saturated rings. The topological polar surface area (TPSA) is 70.8 Å². The van der Waals surface area contributed by atoms with Gasteiger partial charge in [0.1, 0.15) is 5.69 Å². The Labute approximate surface area is 140 Å². The van der Waals surface area contributed by atoms with E-state index in [4.69, 9.17) is 4.52 Å². The molecule has 0 bridgehead atoms. The third kappa shape index (κ3) is 3.10. The van der Waals surface area contributed by atoms with Crippen LogP contribution in [0.1, 0.15) is 35.8 Å². The first-order chi connectivity index (χ1) is 11.8. The van der Waals surface area contributed by atoms with Crippen molar-refractivity contribution in [1.29, 1.82) is 0 Å². The number of H-pyrrole nitrogens is 1. The maximum absolute atomic E-state index is 5.51. The highest BCUT2D eigenvalue weighted by Crippen LogP contribution is 2.29. The van der Waals surface area contributed by atoms with E-state index in [0.29, 0.717) is 5.92 Å². The smallest absolute Gasteiger partial charge is 0.151 e. The molecule has 4 rings (SSSR count). The standard InChI is InChI=1S/C18H21N5O/c1-13-11-20-21-18(13)15-4-8-23(9-5-15)12-16-10-17(22-24-16)14-2-6-19-7-3-14/h2-3,6-7,10-11,15H,4-5,8-9,12H2,1H3,(H,20,21). The van der Waals surface area contributed by atoms with Gasteiger partial charge >= 0.3 is 0 Å². The van der Waals surface area contributed by atoms with Crippen molar-refractivity contribution < 1.29 is 4.52 Å². The summed E-state index contributed by atoms with van der Waals surface area (Å²) < 4.78 is 5.51. The highest BCUT2D eigenvalue weighted by molar-refractivity contribution is 5.57. The van der Waals surface area contributed by atoms with Crippen LogP contribution in [0.15, 0.2) is 41.3 Å². The number of piperidine rings is 1. The van der Waals surface area contributed by atoms with Gasteiger partial charge in [0.2, 0.25) is 0 Å². The van der Waals surface area contributed by atoms with E-state index in [-0.39, 0.29) is 0 Å². The SMILES string of the molecule is Cc1cn[nH]c1C1CCN(Cc2cc(-c3ccncc3)no2)CC1. The molecule has 3 aromatic rings. The van der Waals surface area contributed by atoms with E-state index in [9.17, 15) is 0 Å². The molecular formula is C18H21N5O. The van der Waals surface area contributed by atoms with Crippen LogP contribution < -0.4 is 0 Å². The lowest BCUT2D eigenvalue weighted by molar-refractivity contribution is 0.183. The number of pyridine rings is 1. The Hall–Kier alpha value is -2.47. The minimum Gasteiger partial charge on any atom is -0.359 e. The molecule has 1 saturated heterocycles. The second kappa shape index (κ2) is 6.57. The third-order valence-electron chi connectivity index (χ3n) is 4.78. The summed E-state index contributed by atoms with van der Waals surface area (Å²) in [7, 11) is 0. The molecular weight excluding hydrogens is 302 g/mol. The van der Waals surface area contributed by atoms with E-state index in [0.717, 1.165) is 49.5 Å². The number of likely N-dealkylation sites (tertiary alicyclic amines) is 1. The molecule has 0 saturated carbocycles. The molecule has 3 aromatic heterocycles. The fourth-order valence-corrected chi connectivity index (χ4v) is 3.42. The van der Waals surface area contributed by atoms with Crippen molar-refractivity contribution in [3.8, 4) is 11.3 Å². The molecule has 24 heavy (non-hydrogen) atoms. The predicted molar refractivity (Wildman–Crippen MR) is 90.3 cm³/mol. The van der Waals surface area contributed by atoms with Gasteiger partial charge in [-0.15, -0.1) is 0 Å². The number of aromatic nitrogens is 4. The summed E-state index contributed by atoms with van der Waals surface area (Å²) in [6, 6.07) is 5.92. The Morgan fingerprint density at radius 3 is 2.75 bits per heavy atom. The molecule has 124 valence electrons. The number of nitrogens with zero attached hydrogens (tertiary/aromatic N) is 4. The molecule has 0 spiro atoms. The van der Waals surface area contributed by atoms with Crippen LogP contribution >= 0.6 is 0 Å². The van der Waals surface area contributed by atoms with E-state index in [2.05, 4.69) is 32.2 Å². The van der Waals surface area contributed by atoms with Gasteiger partial charge in [-0.1, -0.05) is 5.16 Å². The zero-order valence-electron chi connectivity index (χ0n) is 13.8. The molecule has 1 N–H and O–H groups in total. The second-order valence-electron chi connectivity index (χ2n) is 6.43. The Morgan fingerprint density at radius 2 is 2.04 bits per heavy atom. The first-order valence-corrected chi connectivity index (χ1v) is 8.38. The zero-order valence-corrected chi connectivity index (χ0v) is 13.8. The molecule has 0 radical (unpaired) electrons. The molecule has 6 nitrogen and oxygen atoms in total. The molecule has 0 aliphatic carbocycles. The lowest BCUT2D eigenvalue weighted by Crippen LogP contribution is -2.32.